The van der Waals surface area contributed by atoms with Crippen molar-refractivity contribution in [1.29, 1.82) is 0 Å². The average Bonchev–Trinajstić information content (AvgIpc) is 2.37. The first-order chi connectivity index (χ1) is 8.60. The molecule has 1 atom stereocenters. The average molecular weight is 248 g/mol. The highest BCUT2D eigenvalue weighted by atomic mass is 16.5. The Hall–Kier alpha value is -1.88. The van der Waals surface area contributed by atoms with E-state index in [1.165, 1.54) is 7.11 Å². The van der Waals surface area contributed by atoms with Crippen molar-refractivity contribution in [3.8, 4) is 0 Å². The van der Waals surface area contributed by atoms with Crippen molar-refractivity contribution in [2.45, 2.75) is 25.3 Å². The molecular formula is C13H16N2O3. The van der Waals surface area contributed by atoms with Crippen LogP contribution in [-0.2, 0) is 20.7 Å². The number of methoxy groups -OCH3 is 1. The highest BCUT2D eigenvalue weighted by Gasteiger charge is 2.17. The molecule has 0 saturated carbocycles. The van der Waals surface area contributed by atoms with Gasteiger partial charge in [-0.25, -0.2) is 0 Å². The van der Waals surface area contributed by atoms with Crippen molar-refractivity contribution in [2.24, 2.45) is 5.73 Å². The molecule has 0 saturated heterocycles. The largest absolute Gasteiger partial charge is 0.469 e. The number of aryl methyl sites for hydroxylation is 1. The molecular weight excluding hydrogens is 232 g/mol. The summed E-state index contributed by atoms with van der Waals surface area (Å²) < 4.78 is 4.59. The van der Waals surface area contributed by atoms with Gasteiger partial charge in [-0.2, -0.15) is 0 Å². The van der Waals surface area contributed by atoms with Gasteiger partial charge in [-0.1, -0.05) is 12.1 Å². The van der Waals surface area contributed by atoms with E-state index in [2.05, 4.69) is 10.1 Å². The maximum atomic E-state index is 11.2. The normalized spacial score (nSPS) is 15.6. The standard InChI is InChI=1S/C13H16N2O3/c1-18-13(17)7-10(14)8-2-4-11-9(6-8)3-5-12(16)15-11/h2,4,6,10H,3,5,7,14H2,1H3,(H,15,16). The minimum atomic E-state index is -0.375. The summed E-state index contributed by atoms with van der Waals surface area (Å²) in [5.74, 6) is -0.289. The topological polar surface area (TPSA) is 81.4 Å². The Labute approximate surface area is 105 Å². The Bertz CT molecular complexity index is 485. The second-order valence-electron chi connectivity index (χ2n) is 4.35. The fourth-order valence-electron chi connectivity index (χ4n) is 2.01. The number of hydrogen-bond donors (Lipinski definition) is 2. The van der Waals surface area contributed by atoms with Gasteiger partial charge >= 0.3 is 5.97 Å². The predicted molar refractivity (Wildman–Crippen MR) is 67.0 cm³/mol. The maximum Gasteiger partial charge on any atom is 0.307 e. The van der Waals surface area contributed by atoms with Gasteiger partial charge in [0.2, 0.25) is 5.91 Å². The monoisotopic (exact) mass is 248 g/mol. The van der Waals surface area contributed by atoms with Crippen LogP contribution < -0.4 is 11.1 Å². The number of amides is 1. The van der Waals surface area contributed by atoms with Gasteiger partial charge in [-0.05, 0) is 23.6 Å². The number of fused-ring (bicyclic) bond motifs is 1. The van der Waals surface area contributed by atoms with Crippen LogP contribution in [0.15, 0.2) is 18.2 Å². The third kappa shape index (κ3) is 2.68. The number of hydrogen-bond acceptors (Lipinski definition) is 4. The molecule has 1 aromatic rings. The smallest absolute Gasteiger partial charge is 0.307 e. The van der Waals surface area contributed by atoms with Crippen molar-refractivity contribution < 1.29 is 14.3 Å². The summed E-state index contributed by atoms with van der Waals surface area (Å²) in [7, 11) is 1.34. The Kier molecular flexibility index (Phi) is 3.62. The molecule has 1 aliphatic rings. The lowest BCUT2D eigenvalue weighted by molar-refractivity contribution is -0.141. The zero-order valence-electron chi connectivity index (χ0n) is 10.2. The summed E-state index contributed by atoms with van der Waals surface area (Å²) in [6, 6.07) is 5.24. The minimum absolute atomic E-state index is 0.0362. The number of ether oxygens (including phenoxy) is 1. The van der Waals surface area contributed by atoms with E-state index in [1.807, 2.05) is 18.2 Å². The first kappa shape index (κ1) is 12.6. The highest BCUT2D eigenvalue weighted by Crippen LogP contribution is 2.26. The zero-order valence-corrected chi connectivity index (χ0v) is 10.2. The van der Waals surface area contributed by atoms with Gasteiger partial charge in [-0.3, -0.25) is 9.59 Å². The van der Waals surface area contributed by atoms with Gasteiger partial charge in [-0.15, -0.1) is 0 Å². The SMILES string of the molecule is COC(=O)CC(N)c1ccc2c(c1)CCC(=O)N2. The number of esters is 1. The fraction of sp³-hybridized carbons (Fsp3) is 0.385. The summed E-state index contributed by atoms with van der Waals surface area (Å²) in [5.41, 5.74) is 8.72. The van der Waals surface area contributed by atoms with E-state index in [9.17, 15) is 9.59 Å². The van der Waals surface area contributed by atoms with E-state index in [4.69, 9.17) is 5.73 Å². The van der Waals surface area contributed by atoms with E-state index in [0.29, 0.717) is 12.8 Å². The van der Waals surface area contributed by atoms with Crippen molar-refractivity contribution in [1.82, 2.24) is 0 Å². The molecule has 1 heterocycles. The van der Waals surface area contributed by atoms with Crippen LogP contribution in [0.1, 0.15) is 30.0 Å². The lowest BCUT2D eigenvalue weighted by atomic mass is 9.96. The predicted octanol–water partition coefficient (Wildman–Crippen LogP) is 1.13. The summed E-state index contributed by atoms with van der Waals surface area (Å²) in [6.45, 7) is 0. The van der Waals surface area contributed by atoms with Crippen molar-refractivity contribution >= 4 is 17.6 Å². The number of rotatable bonds is 3. The summed E-state index contributed by atoms with van der Waals surface area (Å²) >= 11 is 0. The molecule has 5 nitrogen and oxygen atoms in total. The molecule has 0 aromatic heterocycles. The molecule has 18 heavy (non-hydrogen) atoms. The number of carbonyl (C=O) groups is 2. The maximum absolute atomic E-state index is 11.2. The summed E-state index contributed by atoms with van der Waals surface area (Å²) in [4.78, 5) is 22.4. The first-order valence-electron chi connectivity index (χ1n) is 5.85. The van der Waals surface area contributed by atoms with Crippen LogP contribution >= 0.6 is 0 Å². The molecule has 5 heteroatoms. The summed E-state index contributed by atoms with van der Waals surface area (Å²) in [5, 5.41) is 2.81. The lowest BCUT2D eigenvalue weighted by Crippen LogP contribution is -2.20. The molecule has 1 unspecified atom stereocenters. The summed E-state index contributed by atoms with van der Waals surface area (Å²) in [6.07, 6.45) is 1.35. The van der Waals surface area contributed by atoms with Gasteiger partial charge in [0.25, 0.3) is 0 Å². The van der Waals surface area contributed by atoms with Crippen LogP contribution in [0.4, 0.5) is 5.69 Å². The molecule has 96 valence electrons. The first-order valence-corrected chi connectivity index (χ1v) is 5.85. The quantitative estimate of drug-likeness (QED) is 0.786. The van der Waals surface area contributed by atoms with Crippen molar-refractivity contribution in [3.63, 3.8) is 0 Å². The Morgan fingerprint density at radius 1 is 1.50 bits per heavy atom. The van der Waals surface area contributed by atoms with Gasteiger partial charge in [0.15, 0.2) is 0 Å². The van der Waals surface area contributed by atoms with Gasteiger partial charge in [0.05, 0.1) is 13.5 Å². The van der Waals surface area contributed by atoms with Gasteiger partial charge in [0.1, 0.15) is 0 Å². The van der Waals surface area contributed by atoms with Crippen molar-refractivity contribution in [3.05, 3.63) is 29.3 Å². The third-order valence-corrected chi connectivity index (χ3v) is 3.07. The minimum Gasteiger partial charge on any atom is -0.469 e. The van der Waals surface area contributed by atoms with E-state index >= 15 is 0 Å². The van der Waals surface area contributed by atoms with E-state index < -0.39 is 0 Å². The van der Waals surface area contributed by atoms with Crippen LogP contribution in [-0.4, -0.2) is 19.0 Å². The Balaban J connectivity index is 2.16. The molecule has 0 radical (unpaired) electrons. The molecule has 0 fully saturated rings. The molecule has 0 bridgehead atoms. The number of benzene rings is 1. The second-order valence-corrected chi connectivity index (χ2v) is 4.35. The molecule has 2 rings (SSSR count). The number of anilines is 1. The van der Waals surface area contributed by atoms with Crippen LogP contribution in [0.3, 0.4) is 0 Å². The molecule has 0 aliphatic carbocycles. The van der Waals surface area contributed by atoms with Crippen LogP contribution in [0.2, 0.25) is 0 Å². The van der Waals surface area contributed by atoms with E-state index in [0.717, 1.165) is 16.8 Å². The highest BCUT2D eigenvalue weighted by molar-refractivity contribution is 5.93. The number of nitrogens with one attached hydrogen (secondary N) is 1. The molecule has 3 N–H and O–H groups in total. The van der Waals surface area contributed by atoms with Gasteiger partial charge < -0.3 is 15.8 Å². The van der Waals surface area contributed by atoms with Crippen LogP contribution in [0.5, 0.6) is 0 Å². The van der Waals surface area contributed by atoms with Crippen LogP contribution in [0, 0.1) is 0 Å². The molecule has 0 spiro atoms. The van der Waals surface area contributed by atoms with Crippen LogP contribution in [0.25, 0.3) is 0 Å². The third-order valence-electron chi connectivity index (χ3n) is 3.07. The second kappa shape index (κ2) is 5.18. The van der Waals surface area contributed by atoms with Gasteiger partial charge in [0, 0.05) is 18.2 Å². The Morgan fingerprint density at radius 3 is 3.00 bits per heavy atom. The molecule has 1 aliphatic heterocycles. The van der Waals surface area contributed by atoms with E-state index in [1.54, 1.807) is 0 Å². The number of carbonyl (C=O) groups excluding carboxylic acids is 2. The van der Waals surface area contributed by atoms with E-state index in [-0.39, 0.29) is 24.3 Å². The molecule has 1 amide bonds. The lowest BCUT2D eigenvalue weighted by Gasteiger charge is -2.19. The number of nitrogens with two attached hydrogens (primary N) is 1. The van der Waals surface area contributed by atoms with Crippen molar-refractivity contribution in [2.75, 3.05) is 12.4 Å². The zero-order chi connectivity index (χ0) is 13.1. The fourth-order valence-corrected chi connectivity index (χ4v) is 2.01. The Morgan fingerprint density at radius 2 is 2.28 bits per heavy atom. The molecule has 1 aromatic carbocycles.